The molecule has 0 bridgehead atoms. The molecule has 1 unspecified atom stereocenters. The van der Waals surface area contributed by atoms with Gasteiger partial charge in [-0.05, 0) is 25.5 Å². The highest BCUT2D eigenvalue weighted by atomic mass is 35.5. The number of para-hydroxylation sites is 1. The summed E-state index contributed by atoms with van der Waals surface area (Å²) in [7, 11) is 0. The Balaban J connectivity index is 2.21. The van der Waals surface area contributed by atoms with Crippen molar-refractivity contribution in [3.8, 4) is 0 Å². The van der Waals surface area contributed by atoms with Crippen molar-refractivity contribution in [2.75, 3.05) is 13.2 Å². The summed E-state index contributed by atoms with van der Waals surface area (Å²) in [4.78, 5) is 4.33. The average molecular weight is 299 g/mol. The third-order valence-corrected chi connectivity index (χ3v) is 3.41. The van der Waals surface area contributed by atoms with E-state index in [2.05, 4.69) is 11.9 Å². The van der Waals surface area contributed by atoms with Crippen LogP contribution in [0.25, 0.3) is 11.0 Å². The topological polar surface area (TPSA) is 27.1 Å². The van der Waals surface area contributed by atoms with Gasteiger partial charge < -0.3 is 9.30 Å². The first-order valence-electron chi connectivity index (χ1n) is 7.01. The molecule has 0 fully saturated rings. The van der Waals surface area contributed by atoms with Gasteiger partial charge in [-0.15, -0.1) is 11.6 Å². The Kier molecular flexibility index (Phi) is 5.38. The zero-order chi connectivity index (χ0) is 14.5. The maximum atomic E-state index is 13.8. The molecule has 0 aliphatic heterocycles. The van der Waals surface area contributed by atoms with Gasteiger partial charge in [0.05, 0.1) is 17.5 Å². The van der Waals surface area contributed by atoms with E-state index in [4.69, 9.17) is 16.3 Å². The highest BCUT2D eigenvalue weighted by molar-refractivity contribution is 6.20. The van der Waals surface area contributed by atoms with Gasteiger partial charge in [-0.25, -0.2) is 9.37 Å². The number of halogens is 2. The quantitative estimate of drug-likeness (QED) is 0.563. The molecule has 5 heteroatoms. The molecule has 0 aliphatic rings. The molecule has 2 aromatic rings. The number of nitrogens with zero attached hydrogens (tertiary/aromatic N) is 2. The van der Waals surface area contributed by atoms with Gasteiger partial charge in [-0.3, -0.25) is 0 Å². The highest BCUT2D eigenvalue weighted by Gasteiger charge is 2.16. The molecule has 0 N–H and O–H groups in total. The maximum Gasteiger partial charge on any atom is 0.151 e. The molecule has 0 radical (unpaired) electrons. The molecule has 1 aromatic carbocycles. The molecule has 0 saturated carbocycles. The number of benzene rings is 1. The van der Waals surface area contributed by atoms with Crippen LogP contribution < -0.4 is 0 Å². The molecule has 0 saturated heterocycles. The maximum absolute atomic E-state index is 13.8. The van der Waals surface area contributed by atoms with E-state index in [1.165, 1.54) is 6.07 Å². The minimum atomic E-state index is -0.313. The molecule has 3 nitrogen and oxygen atoms in total. The lowest BCUT2D eigenvalue weighted by Crippen LogP contribution is -2.10. The molecule has 0 spiro atoms. The molecule has 110 valence electrons. The fourth-order valence-electron chi connectivity index (χ4n) is 2.17. The van der Waals surface area contributed by atoms with Crippen molar-refractivity contribution in [3.05, 3.63) is 29.8 Å². The van der Waals surface area contributed by atoms with Crippen LogP contribution in [0.5, 0.6) is 0 Å². The second kappa shape index (κ2) is 7.04. The first-order valence-corrected chi connectivity index (χ1v) is 7.45. The smallest absolute Gasteiger partial charge is 0.151 e. The first-order chi connectivity index (χ1) is 9.65. The largest absolute Gasteiger partial charge is 0.380 e. The van der Waals surface area contributed by atoms with E-state index < -0.39 is 0 Å². The number of aromatic nitrogens is 2. The van der Waals surface area contributed by atoms with Gasteiger partial charge in [0, 0.05) is 13.2 Å². The van der Waals surface area contributed by atoms with Gasteiger partial charge in [-0.2, -0.15) is 0 Å². The van der Waals surface area contributed by atoms with E-state index in [0.717, 1.165) is 25.0 Å². The van der Waals surface area contributed by atoms with E-state index in [0.29, 0.717) is 24.5 Å². The monoisotopic (exact) mass is 298 g/mol. The summed E-state index contributed by atoms with van der Waals surface area (Å²) in [6, 6.07) is 4.97. The number of alkyl halides is 1. The standard InChI is InChI=1S/C15H20ClFN2O/c1-3-4-9-20-10-8-19-13-7-5-6-12(17)14(13)18-15(19)11(2)16/h5-7,11H,3-4,8-10H2,1-2H3. The van der Waals surface area contributed by atoms with Crippen LogP contribution >= 0.6 is 11.6 Å². The normalized spacial score (nSPS) is 13.0. The minimum Gasteiger partial charge on any atom is -0.380 e. The summed E-state index contributed by atoms with van der Waals surface area (Å²) in [5, 5.41) is -0.266. The first kappa shape index (κ1) is 15.3. The SMILES string of the molecule is CCCCOCCn1c(C(C)Cl)nc2c(F)cccc21. The van der Waals surface area contributed by atoms with Gasteiger partial charge >= 0.3 is 0 Å². The number of hydrogen-bond donors (Lipinski definition) is 0. The van der Waals surface area contributed by atoms with Crippen molar-refractivity contribution in [1.29, 1.82) is 0 Å². The number of fused-ring (bicyclic) bond motifs is 1. The summed E-state index contributed by atoms with van der Waals surface area (Å²) in [5.41, 5.74) is 1.15. The molecule has 1 heterocycles. The fraction of sp³-hybridized carbons (Fsp3) is 0.533. The summed E-state index contributed by atoms with van der Waals surface area (Å²) < 4.78 is 21.3. The lowest BCUT2D eigenvalue weighted by molar-refractivity contribution is 0.123. The molecular weight excluding hydrogens is 279 g/mol. The second-order valence-electron chi connectivity index (χ2n) is 4.81. The van der Waals surface area contributed by atoms with Crippen LogP contribution in [0.2, 0.25) is 0 Å². The van der Waals surface area contributed by atoms with Crippen LogP contribution in [-0.2, 0) is 11.3 Å². The van der Waals surface area contributed by atoms with Crippen molar-refractivity contribution in [3.63, 3.8) is 0 Å². The highest BCUT2D eigenvalue weighted by Crippen LogP contribution is 2.25. The minimum absolute atomic E-state index is 0.266. The molecule has 0 amide bonds. The zero-order valence-electron chi connectivity index (χ0n) is 11.9. The van der Waals surface area contributed by atoms with Crippen LogP contribution in [0.1, 0.15) is 37.9 Å². The molecule has 1 aromatic heterocycles. The van der Waals surface area contributed by atoms with E-state index in [1.807, 2.05) is 17.6 Å². The third-order valence-electron chi connectivity index (χ3n) is 3.22. The molecule has 1 atom stereocenters. The Morgan fingerprint density at radius 3 is 2.90 bits per heavy atom. The third kappa shape index (κ3) is 3.30. The second-order valence-corrected chi connectivity index (χ2v) is 5.47. The summed E-state index contributed by atoms with van der Waals surface area (Å²) >= 11 is 6.15. The van der Waals surface area contributed by atoms with Gasteiger partial charge in [0.2, 0.25) is 0 Å². The summed E-state index contributed by atoms with van der Waals surface area (Å²) in [6.45, 7) is 5.94. The lowest BCUT2D eigenvalue weighted by atomic mass is 10.3. The van der Waals surface area contributed by atoms with Gasteiger partial charge in [0.25, 0.3) is 0 Å². The Bertz CT molecular complexity index is 568. The van der Waals surface area contributed by atoms with Gasteiger partial charge in [-0.1, -0.05) is 19.4 Å². The molecule has 2 rings (SSSR count). The van der Waals surface area contributed by atoms with Crippen LogP contribution in [0, 0.1) is 5.82 Å². The number of imidazole rings is 1. The van der Waals surface area contributed by atoms with Gasteiger partial charge in [0.1, 0.15) is 11.3 Å². The Morgan fingerprint density at radius 2 is 2.20 bits per heavy atom. The number of rotatable bonds is 7. The summed E-state index contributed by atoms with van der Waals surface area (Å²) in [6.07, 6.45) is 2.17. The van der Waals surface area contributed by atoms with Crippen LogP contribution in [0.15, 0.2) is 18.2 Å². The van der Waals surface area contributed by atoms with Crippen molar-refractivity contribution in [2.24, 2.45) is 0 Å². The van der Waals surface area contributed by atoms with Crippen molar-refractivity contribution < 1.29 is 9.13 Å². The van der Waals surface area contributed by atoms with Crippen molar-refractivity contribution in [1.82, 2.24) is 9.55 Å². The molecular formula is C15H20ClFN2O. The van der Waals surface area contributed by atoms with E-state index in [-0.39, 0.29) is 11.2 Å². The fourth-order valence-corrected chi connectivity index (χ4v) is 2.34. The predicted octanol–water partition coefficient (Wildman–Crippen LogP) is 4.29. The number of hydrogen-bond acceptors (Lipinski definition) is 2. The average Bonchev–Trinajstić information content (AvgIpc) is 2.79. The zero-order valence-corrected chi connectivity index (χ0v) is 12.7. The van der Waals surface area contributed by atoms with Crippen LogP contribution in [0.4, 0.5) is 4.39 Å². The predicted molar refractivity (Wildman–Crippen MR) is 79.7 cm³/mol. The van der Waals surface area contributed by atoms with Crippen molar-refractivity contribution in [2.45, 2.75) is 38.6 Å². The van der Waals surface area contributed by atoms with E-state index in [1.54, 1.807) is 6.07 Å². The van der Waals surface area contributed by atoms with Gasteiger partial charge in [0.15, 0.2) is 5.82 Å². The number of unbranched alkanes of at least 4 members (excludes halogenated alkanes) is 1. The Labute approximate surface area is 123 Å². The van der Waals surface area contributed by atoms with Crippen LogP contribution in [-0.4, -0.2) is 22.8 Å². The number of ether oxygens (including phenoxy) is 1. The molecule has 0 aliphatic carbocycles. The Hall–Kier alpha value is -1.13. The Morgan fingerprint density at radius 1 is 1.40 bits per heavy atom. The van der Waals surface area contributed by atoms with E-state index >= 15 is 0 Å². The summed E-state index contributed by atoms with van der Waals surface area (Å²) in [5.74, 6) is 0.373. The van der Waals surface area contributed by atoms with Crippen LogP contribution in [0.3, 0.4) is 0 Å². The molecule has 20 heavy (non-hydrogen) atoms. The lowest BCUT2D eigenvalue weighted by Gasteiger charge is -2.10. The van der Waals surface area contributed by atoms with Crippen molar-refractivity contribution >= 4 is 22.6 Å². The van der Waals surface area contributed by atoms with E-state index in [9.17, 15) is 4.39 Å².